The normalized spacial score (nSPS) is 13.5. The monoisotopic (exact) mass is 415 g/mol. The van der Waals surface area contributed by atoms with Gasteiger partial charge in [-0.05, 0) is 55.9 Å². The lowest BCUT2D eigenvalue weighted by molar-refractivity contribution is -0.115. The van der Waals surface area contributed by atoms with Crippen LogP contribution in [0.4, 0.5) is 5.69 Å². The van der Waals surface area contributed by atoms with Gasteiger partial charge in [-0.1, -0.05) is 30.3 Å². The third-order valence-corrected chi connectivity index (χ3v) is 6.57. The van der Waals surface area contributed by atoms with Gasteiger partial charge in [-0.15, -0.1) is 0 Å². The van der Waals surface area contributed by atoms with Crippen LogP contribution in [0.2, 0.25) is 5.02 Å². The number of fused-ring (bicyclic) bond motifs is 1. The van der Waals surface area contributed by atoms with E-state index < -0.39 is 0 Å². The van der Waals surface area contributed by atoms with Crippen molar-refractivity contribution in [1.29, 1.82) is 5.26 Å². The third-order valence-electron chi connectivity index (χ3n) is 4.79. The molecule has 5 nitrogen and oxygen atoms in total. The van der Waals surface area contributed by atoms with Gasteiger partial charge in [0.1, 0.15) is 16.8 Å². The molecule has 0 fully saturated rings. The number of hydrogen-bond donors (Lipinski definition) is 1. The number of halogens is 1. The van der Waals surface area contributed by atoms with Crippen LogP contribution in [-0.4, -0.2) is 23.3 Å². The number of ether oxygens (including phenoxy) is 1. The van der Waals surface area contributed by atoms with E-state index in [1.54, 1.807) is 12.1 Å². The Morgan fingerprint density at radius 3 is 2.89 bits per heavy atom. The standard InChI is InChI=1S/C21H22ClN3O2S/c1-4-19(20(26)24-17-8-12(2)15(22)10-18(17)27-3)28-21-14(11-23)9-13-6-5-7-16(13)25-21/h8-10,19H,4-7H2,1-3H3,(H,24,26). The van der Waals surface area contributed by atoms with Crippen LogP contribution in [0.5, 0.6) is 5.75 Å². The Hall–Kier alpha value is -2.23. The van der Waals surface area contributed by atoms with Crippen LogP contribution in [0.3, 0.4) is 0 Å². The highest BCUT2D eigenvalue weighted by molar-refractivity contribution is 8.00. The number of aryl methyl sites for hydroxylation is 3. The zero-order valence-electron chi connectivity index (χ0n) is 16.1. The number of benzene rings is 1. The molecule has 0 bridgehead atoms. The summed E-state index contributed by atoms with van der Waals surface area (Å²) in [4.78, 5) is 17.6. The zero-order valence-corrected chi connectivity index (χ0v) is 17.7. The molecule has 0 spiro atoms. The number of nitriles is 1. The minimum atomic E-state index is -0.375. The van der Waals surface area contributed by atoms with Crippen molar-refractivity contribution in [2.24, 2.45) is 0 Å². The summed E-state index contributed by atoms with van der Waals surface area (Å²) < 4.78 is 5.34. The van der Waals surface area contributed by atoms with Gasteiger partial charge < -0.3 is 10.1 Å². The Balaban J connectivity index is 1.82. The summed E-state index contributed by atoms with van der Waals surface area (Å²) in [5.41, 5.74) is 4.17. The van der Waals surface area contributed by atoms with Crippen molar-refractivity contribution < 1.29 is 9.53 Å². The Labute approximate surface area is 174 Å². The van der Waals surface area contributed by atoms with Gasteiger partial charge in [0.05, 0.1) is 23.6 Å². The number of pyridine rings is 1. The maximum absolute atomic E-state index is 12.9. The Morgan fingerprint density at radius 2 is 2.21 bits per heavy atom. The lowest BCUT2D eigenvalue weighted by Crippen LogP contribution is -2.25. The van der Waals surface area contributed by atoms with E-state index in [1.165, 1.54) is 18.9 Å². The second kappa shape index (κ2) is 8.85. The van der Waals surface area contributed by atoms with Gasteiger partial charge >= 0.3 is 0 Å². The van der Waals surface area contributed by atoms with Crippen molar-refractivity contribution in [3.63, 3.8) is 0 Å². The van der Waals surface area contributed by atoms with Crippen molar-refractivity contribution in [1.82, 2.24) is 4.98 Å². The van der Waals surface area contributed by atoms with Crippen molar-refractivity contribution in [3.05, 3.63) is 45.6 Å². The first kappa shape index (κ1) is 20.5. The number of carbonyl (C=O) groups excluding carboxylic acids is 1. The maximum Gasteiger partial charge on any atom is 0.238 e. The molecule has 1 aliphatic rings. The molecule has 0 saturated carbocycles. The maximum atomic E-state index is 12.9. The second-order valence-electron chi connectivity index (χ2n) is 6.72. The van der Waals surface area contributed by atoms with Crippen LogP contribution in [-0.2, 0) is 17.6 Å². The highest BCUT2D eigenvalue weighted by atomic mass is 35.5. The fraction of sp³-hybridized carbons (Fsp3) is 0.381. The van der Waals surface area contributed by atoms with Gasteiger partial charge in [0.15, 0.2) is 0 Å². The first-order valence-corrected chi connectivity index (χ1v) is 10.5. The summed E-state index contributed by atoms with van der Waals surface area (Å²) in [6.45, 7) is 3.82. The van der Waals surface area contributed by atoms with Gasteiger partial charge in [-0.3, -0.25) is 4.79 Å². The van der Waals surface area contributed by atoms with E-state index in [2.05, 4.69) is 16.4 Å². The molecule has 0 aliphatic heterocycles. The topological polar surface area (TPSA) is 75.0 Å². The summed E-state index contributed by atoms with van der Waals surface area (Å²) in [7, 11) is 1.54. The second-order valence-corrected chi connectivity index (χ2v) is 8.32. The van der Waals surface area contributed by atoms with Crippen LogP contribution in [0, 0.1) is 18.3 Å². The number of hydrogen-bond acceptors (Lipinski definition) is 5. The number of rotatable bonds is 6. The molecule has 0 saturated heterocycles. The summed E-state index contributed by atoms with van der Waals surface area (Å²) in [6, 6.07) is 7.64. The minimum Gasteiger partial charge on any atom is -0.495 e. The van der Waals surface area contributed by atoms with E-state index in [9.17, 15) is 10.1 Å². The summed E-state index contributed by atoms with van der Waals surface area (Å²) in [6.07, 6.45) is 3.57. The Bertz CT molecular complexity index is 956. The first-order chi connectivity index (χ1) is 13.5. The van der Waals surface area contributed by atoms with Crippen molar-refractivity contribution in [2.75, 3.05) is 12.4 Å². The quantitative estimate of drug-likeness (QED) is 0.677. The zero-order chi connectivity index (χ0) is 20.3. The van der Waals surface area contributed by atoms with E-state index >= 15 is 0 Å². The van der Waals surface area contributed by atoms with Gasteiger partial charge in [-0.2, -0.15) is 5.26 Å². The smallest absolute Gasteiger partial charge is 0.238 e. The van der Waals surface area contributed by atoms with Gasteiger partial charge in [0.25, 0.3) is 0 Å². The number of carbonyl (C=O) groups is 1. The first-order valence-electron chi connectivity index (χ1n) is 9.21. The molecule has 1 heterocycles. The molecule has 1 aromatic carbocycles. The molecule has 1 aromatic heterocycles. The molecule has 7 heteroatoms. The average Bonchev–Trinajstić information content (AvgIpc) is 3.14. The number of aromatic nitrogens is 1. The predicted molar refractivity (Wildman–Crippen MR) is 112 cm³/mol. The van der Waals surface area contributed by atoms with Gasteiger partial charge in [0, 0.05) is 16.8 Å². The van der Waals surface area contributed by atoms with E-state index in [-0.39, 0.29) is 11.2 Å². The molecule has 146 valence electrons. The number of amides is 1. The predicted octanol–water partition coefficient (Wildman–Crippen LogP) is 4.92. The van der Waals surface area contributed by atoms with E-state index in [4.69, 9.17) is 16.3 Å². The van der Waals surface area contributed by atoms with E-state index in [0.717, 1.165) is 36.1 Å². The number of thioether (sulfide) groups is 1. The largest absolute Gasteiger partial charge is 0.495 e. The third kappa shape index (κ3) is 4.26. The summed E-state index contributed by atoms with van der Waals surface area (Å²) in [5.74, 6) is 0.357. The summed E-state index contributed by atoms with van der Waals surface area (Å²) in [5, 5.41) is 13.3. The van der Waals surface area contributed by atoms with E-state index in [1.807, 2.05) is 19.9 Å². The highest BCUT2D eigenvalue weighted by Crippen LogP contribution is 2.34. The molecule has 1 atom stereocenters. The van der Waals surface area contributed by atoms with Crippen molar-refractivity contribution in [3.8, 4) is 11.8 Å². The molecular weight excluding hydrogens is 394 g/mol. The molecular formula is C21H22ClN3O2S. The molecule has 3 rings (SSSR count). The molecule has 1 aliphatic carbocycles. The van der Waals surface area contributed by atoms with Crippen LogP contribution in [0.1, 0.15) is 42.1 Å². The number of methoxy groups -OCH3 is 1. The van der Waals surface area contributed by atoms with Gasteiger partial charge in [0.2, 0.25) is 5.91 Å². The molecule has 1 N–H and O–H groups in total. The lowest BCUT2D eigenvalue weighted by Gasteiger charge is -2.17. The highest BCUT2D eigenvalue weighted by Gasteiger charge is 2.24. The Kier molecular flexibility index (Phi) is 6.48. The number of nitrogens with zero attached hydrogens (tertiary/aromatic N) is 2. The van der Waals surface area contributed by atoms with Crippen LogP contribution < -0.4 is 10.1 Å². The van der Waals surface area contributed by atoms with Crippen molar-refractivity contribution >= 4 is 35.0 Å². The van der Waals surface area contributed by atoms with Crippen LogP contribution in [0.15, 0.2) is 23.2 Å². The lowest BCUT2D eigenvalue weighted by atomic mass is 10.2. The summed E-state index contributed by atoms with van der Waals surface area (Å²) >= 11 is 7.48. The number of anilines is 1. The molecule has 28 heavy (non-hydrogen) atoms. The van der Waals surface area contributed by atoms with E-state index in [0.29, 0.717) is 33.5 Å². The number of nitrogens with one attached hydrogen (secondary N) is 1. The fourth-order valence-electron chi connectivity index (χ4n) is 3.22. The average molecular weight is 416 g/mol. The van der Waals surface area contributed by atoms with Gasteiger partial charge in [-0.25, -0.2) is 4.98 Å². The van der Waals surface area contributed by atoms with Crippen LogP contribution >= 0.6 is 23.4 Å². The molecule has 1 unspecified atom stereocenters. The Morgan fingerprint density at radius 1 is 1.43 bits per heavy atom. The molecule has 0 radical (unpaired) electrons. The van der Waals surface area contributed by atoms with Crippen LogP contribution in [0.25, 0.3) is 0 Å². The van der Waals surface area contributed by atoms with Crippen molar-refractivity contribution in [2.45, 2.75) is 49.8 Å². The molecule has 1 amide bonds. The molecule has 2 aromatic rings. The fourth-order valence-corrected chi connectivity index (χ4v) is 4.37. The SMILES string of the molecule is CCC(Sc1nc2c(cc1C#N)CCC2)C(=O)Nc1cc(C)c(Cl)cc1OC. The minimum absolute atomic E-state index is 0.154.